The number of ether oxygens (including phenoxy) is 2. The fourth-order valence-electron chi connectivity index (χ4n) is 3.16. The molecule has 0 aromatic heterocycles. The lowest BCUT2D eigenvalue weighted by atomic mass is 10.0. The van der Waals surface area contributed by atoms with Gasteiger partial charge in [-0.2, -0.15) is 0 Å². The molecular weight excluding hydrogens is 444 g/mol. The number of hydrogen-bond donors (Lipinski definition) is 2. The average Bonchev–Trinajstić information content (AvgIpc) is 2.82. The number of nitrogens with zero attached hydrogens (tertiary/aromatic N) is 2. The van der Waals surface area contributed by atoms with Crippen LogP contribution in [-0.4, -0.2) is 34.3 Å². The van der Waals surface area contributed by atoms with Gasteiger partial charge in [0.15, 0.2) is 23.0 Å². The molecule has 0 aliphatic carbocycles. The number of rotatable bonds is 8. The molecule has 34 heavy (non-hydrogen) atoms. The number of nitro groups is 2. The number of hydrogen-bond acceptors (Lipinski definition) is 8. The minimum atomic E-state index is -0.692. The first kappa shape index (κ1) is 23.8. The fraction of sp³-hybridized carbons (Fsp3) is 0.0833. The van der Waals surface area contributed by atoms with Crippen molar-refractivity contribution in [2.24, 2.45) is 0 Å². The second-order valence-corrected chi connectivity index (χ2v) is 7.01. The summed E-state index contributed by atoms with van der Waals surface area (Å²) in [6.45, 7) is 0. The van der Waals surface area contributed by atoms with Crippen LogP contribution in [0.25, 0.3) is 24.3 Å². The lowest BCUT2D eigenvalue weighted by molar-refractivity contribution is -0.394. The topological polar surface area (TPSA) is 145 Å². The van der Waals surface area contributed by atoms with Gasteiger partial charge in [0.25, 0.3) is 11.4 Å². The summed E-state index contributed by atoms with van der Waals surface area (Å²) in [5, 5.41) is 42.6. The van der Waals surface area contributed by atoms with E-state index in [0.29, 0.717) is 11.1 Å². The lowest BCUT2D eigenvalue weighted by Crippen LogP contribution is -1.98. The van der Waals surface area contributed by atoms with Gasteiger partial charge in [-0.15, -0.1) is 0 Å². The minimum absolute atomic E-state index is 0.0562. The molecule has 0 spiro atoms. The Kier molecular flexibility index (Phi) is 7.12. The highest BCUT2D eigenvalue weighted by Gasteiger charge is 2.22. The SMILES string of the molecule is COc1cc(/C=C\c2cc(/C=C\c3ccc(O)c(OC)c3)c([N+](=O)[O-])cc2[N+](=O)[O-])ccc1O. The van der Waals surface area contributed by atoms with E-state index in [9.17, 15) is 30.4 Å². The molecule has 174 valence electrons. The lowest BCUT2D eigenvalue weighted by Gasteiger charge is -2.05. The smallest absolute Gasteiger partial charge is 0.283 e. The van der Waals surface area contributed by atoms with Crippen LogP contribution in [0.2, 0.25) is 0 Å². The highest BCUT2D eigenvalue weighted by atomic mass is 16.6. The molecule has 10 heteroatoms. The Morgan fingerprint density at radius 2 is 1.09 bits per heavy atom. The third-order valence-electron chi connectivity index (χ3n) is 4.89. The van der Waals surface area contributed by atoms with E-state index in [-0.39, 0.29) is 34.1 Å². The molecule has 0 fully saturated rings. The van der Waals surface area contributed by atoms with Gasteiger partial charge < -0.3 is 19.7 Å². The molecule has 0 unspecified atom stereocenters. The standard InChI is InChI=1S/C24H20N2O8/c1-33-23-11-15(5-9-21(23)27)3-7-17-13-18(20(26(31)32)14-19(17)25(29)30)8-4-16-6-10-22(28)24(12-16)34-2/h3-14,27-28H,1-2H3/b7-3-,8-4-. The quantitative estimate of drug-likeness (QED) is 0.260. The van der Waals surface area contributed by atoms with Gasteiger partial charge in [-0.1, -0.05) is 24.3 Å². The van der Waals surface area contributed by atoms with Crippen molar-refractivity contribution in [3.8, 4) is 23.0 Å². The molecule has 0 atom stereocenters. The van der Waals surface area contributed by atoms with Gasteiger partial charge in [0.05, 0.1) is 41.3 Å². The van der Waals surface area contributed by atoms with Gasteiger partial charge in [-0.3, -0.25) is 20.2 Å². The number of nitro benzene ring substituents is 2. The maximum atomic E-state index is 11.6. The van der Waals surface area contributed by atoms with Crippen molar-refractivity contribution in [2.75, 3.05) is 14.2 Å². The van der Waals surface area contributed by atoms with Crippen molar-refractivity contribution >= 4 is 35.7 Å². The molecule has 3 aromatic carbocycles. The van der Waals surface area contributed by atoms with Gasteiger partial charge in [-0.25, -0.2) is 0 Å². The van der Waals surface area contributed by atoms with Crippen LogP contribution in [0.4, 0.5) is 11.4 Å². The van der Waals surface area contributed by atoms with Crippen molar-refractivity contribution in [1.82, 2.24) is 0 Å². The van der Waals surface area contributed by atoms with Crippen LogP contribution in [0.3, 0.4) is 0 Å². The number of phenols is 2. The molecular formula is C24H20N2O8. The first-order valence-electron chi connectivity index (χ1n) is 9.80. The van der Waals surface area contributed by atoms with Crippen LogP contribution in [0.5, 0.6) is 23.0 Å². The molecule has 10 nitrogen and oxygen atoms in total. The van der Waals surface area contributed by atoms with Gasteiger partial charge in [0.2, 0.25) is 0 Å². The summed E-state index contributed by atoms with van der Waals surface area (Å²) in [6.07, 6.45) is 6.03. The Bertz CT molecular complexity index is 1220. The molecule has 0 bridgehead atoms. The summed E-state index contributed by atoms with van der Waals surface area (Å²) >= 11 is 0. The van der Waals surface area contributed by atoms with Gasteiger partial charge in [0, 0.05) is 0 Å². The highest BCUT2D eigenvalue weighted by molar-refractivity contribution is 5.82. The first-order valence-corrected chi connectivity index (χ1v) is 9.80. The van der Waals surface area contributed by atoms with E-state index in [4.69, 9.17) is 9.47 Å². The molecule has 3 aromatic rings. The van der Waals surface area contributed by atoms with E-state index < -0.39 is 21.2 Å². The molecule has 0 aliphatic heterocycles. The maximum absolute atomic E-state index is 11.6. The second kappa shape index (κ2) is 10.2. The van der Waals surface area contributed by atoms with E-state index in [0.717, 1.165) is 6.07 Å². The first-order chi connectivity index (χ1) is 16.2. The van der Waals surface area contributed by atoms with Crippen LogP contribution in [0.1, 0.15) is 22.3 Å². The molecule has 0 saturated heterocycles. The summed E-state index contributed by atoms with van der Waals surface area (Å²) in [5.74, 6) is 0.347. The zero-order chi connectivity index (χ0) is 24.8. The second-order valence-electron chi connectivity index (χ2n) is 7.01. The van der Waals surface area contributed by atoms with Crippen molar-refractivity contribution in [2.45, 2.75) is 0 Å². The molecule has 3 rings (SSSR count). The monoisotopic (exact) mass is 464 g/mol. The van der Waals surface area contributed by atoms with Gasteiger partial charge in [-0.05, 0) is 53.6 Å². The normalized spacial score (nSPS) is 11.1. The number of methoxy groups -OCH3 is 2. The van der Waals surface area contributed by atoms with Crippen LogP contribution < -0.4 is 9.47 Å². The van der Waals surface area contributed by atoms with Crippen LogP contribution in [0, 0.1) is 20.2 Å². The Labute approximate surface area is 193 Å². The summed E-state index contributed by atoms with van der Waals surface area (Å²) < 4.78 is 10.1. The van der Waals surface area contributed by atoms with E-state index >= 15 is 0 Å². The third-order valence-corrected chi connectivity index (χ3v) is 4.89. The zero-order valence-corrected chi connectivity index (χ0v) is 18.2. The molecule has 2 N–H and O–H groups in total. The van der Waals surface area contributed by atoms with E-state index in [1.165, 1.54) is 44.6 Å². The van der Waals surface area contributed by atoms with Crippen LogP contribution >= 0.6 is 0 Å². The average molecular weight is 464 g/mol. The molecule has 0 saturated carbocycles. The van der Waals surface area contributed by atoms with Crippen molar-refractivity contribution in [3.63, 3.8) is 0 Å². The Balaban J connectivity index is 2.07. The van der Waals surface area contributed by atoms with E-state index in [1.54, 1.807) is 36.4 Å². The molecule has 0 heterocycles. The van der Waals surface area contributed by atoms with Crippen LogP contribution in [0.15, 0.2) is 48.5 Å². The Morgan fingerprint density at radius 3 is 1.44 bits per heavy atom. The summed E-state index contributed by atoms with van der Waals surface area (Å²) in [7, 11) is 2.79. The predicted octanol–water partition coefficient (Wildman–Crippen LogP) is 5.27. The molecule has 0 radical (unpaired) electrons. The molecule has 0 aliphatic rings. The number of aromatic hydroxyl groups is 2. The third kappa shape index (κ3) is 5.30. The largest absolute Gasteiger partial charge is 0.504 e. The van der Waals surface area contributed by atoms with Crippen molar-refractivity contribution in [1.29, 1.82) is 0 Å². The van der Waals surface area contributed by atoms with Gasteiger partial charge >= 0.3 is 0 Å². The van der Waals surface area contributed by atoms with Crippen molar-refractivity contribution < 1.29 is 29.5 Å². The van der Waals surface area contributed by atoms with Crippen LogP contribution in [-0.2, 0) is 0 Å². The fourth-order valence-corrected chi connectivity index (χ4v) is 3.16. The zero-order valence-electron chi connectivity index (χ0n) is 18.2. The summed E-state index contributed by atoms with van der Waals surface area (Å²) in [5.41, 5.74) is 0.608. The number of benzene rings is 3. The number of phenolic OH excluding ortho intramolecular Hbond substituents is 2. The predicted molar refractivity (Wildman–Crippen MR) is 127 cm³/mol. The summed E-state index contributed by atoms with van der Waals surface area (Å²) in [6, 6.07) is 11.4. The summed E-state index contributed by atoms with van der Waals surface area (Å²) in [4.78, 5) is 21.8. The Morgan fingerprint density at radius 1 is 0.676 bits per heavy atom. The van der Waals surface area contributed by atoms with Gasteiger partial charge in [0.1, 0.15) is 0 Å². The maximum Gasteiger partial charge on any atom is 0.283 e. The molecule has 0 amide bonds. The van der Waals surface area contributed by atoms with Crippen molar-refractivity contribution in [3.05, 3.63) is 91.0 Å². The minimum Gasteiger partial charge on any atom is -0.504 e. The Hall–Kier alpha value is -4.86. The van der Waals surface area contributed by atoms with E-state index in [2.05, 4.69) is 0 Å². The highest BCUT2D eigenvalue weighted by Crippen LogP contribution is 2.33. The van der Waals surface area contributed by atoms with E-state index in [1.807, 2.05) is 0 Å².